The molecule has 0 amide bonds. The van der Waals surface area contributed by atoms with Crippen LogP contribution in [0.25, 0.3) is 22.3 Å². The maximum atomic E-state index is 13.8. The van der Waals surface area contributed by atoms with Gasteiger partial charge in [0.2, 0.25) is 11.2 Å². The van der Waals surface area contributed by atoms with Crippen LogP contribution in [0.5, 0.6) is 28.7 Å². The quantitative estimate of drug-likeness (QED) is 0.178. The van der Waals surface area contributed by atoms with Crippen molar-refractivity contribution >= 4 is 11.0 Å². The molecule has 0 bridgehead atoms. The van der Waals surface area contributed by atoms with Crippen LogP contribution < -0.4 is 10.2 Å². The number of hydrogen-bond acceptors (Lipinski definition) is 9. The first-order valence-corrected chi connectivity index (χ1v) is 14.4. The van der Waals surface area contributed by atoms with Crippen LogP contribution >= 0.6 is 0 Å². The molecule has 1 aromatic heterocycles. The number of aliphatic hydroxyl groups excluding tert-OH is 2. The summed E-state index contributed by atoms with van der Waals surface area (Å²) in [5.41, 5.74) is 1.85. The lowest BCUT2D eigenvalue weighted by atomic mass is 9.77. The molecule has 2 aliphatic rings. The monoisotopic (exact) mass is 586 g/mol. The van der Waals surface area contributed by atoms with Crippen molar-refractivity contribution in [3.05, 3.63) is 87.1 Å². The highest BCUT2D eigenvalue weighted by molar-refractivity contribution is 5.90. The average Bonchev–Trinajstić information content (AvgIpc) is 2.96. The minimum atomic E-state index is -0.934. The van der Waals surface area contributed by atoms with Gasteiger partial charge >= 0.3 is 0 Å². The summed E-state index contributed by atoms with van der Waals surface area (Å²) in [7, 11) is 0. The first kappa shape index (κ1) is 28.6. The summed E-state index contributed by atoms with van der Waals surface area (Å²) in [6, 6.07) is 11.3. The van der Waals surface area contributed by atoms with Crippen molar-refractivity contribution in [3.8, 4) is 40.1 Å². The van der Waals surface area contributed by atoms with E-state index >= 15 is 0 Å². The Hall–Kier alpha value is -4.47. The van der Waals surface area contributed by atoms with Crippen molar-refractivity contribution in [1.82, 2.24) is 0 Å². The summed E-state index contributed by atoms with van der Waals surface area (Å²) in [6.45, 7) is 3.67. The molecular formula is C34H34O9. The Morgan fingerprint density at radius 1 is 0.977 bits per heavy atom. The third-order valence-electron chi connectivity index (χ3n) is 8.40. The third kappa shape index (κ3) is 5.08. The Labute approximate surface area is 247 Å². The number of fused-ring (bicyclic) bond motifs is 4. The molecular weight excluding hydrogens is 552 g/mol. The van der Waals surface area contributed by atoms with E-state index < -0.39 is 29.3 Å². The molecule has 0 radical (unpaired) electrons. The van der Waals surface area contributed by atoms with Crippen molar-refractivity contribution in [1.29, 1.82) is 0 Å². The standard InChI is InChI=1S/C34H34O9/c1-16(2)8-19-11-21(12-20(29(19)39)9-17-4-3-5-22(36)10-17)33-31(41)30(40)28-27(42-33)14-26(38)23-13-18-6-7-25(37)24(15-35)32(18)43-34(23)28/h3-7,10-12,14,16,18,24-25,32,35-39,41H,8-9,13,15H2,1-2H3/t18-,24-,25+,32+/m1/s1. The van der Waals surface area contributed by atoms with Crippen LogP contribution in [0, 0.1) is 17.8 Å². The zero-order valence-corrected chi connectivity index (χ0v) is 23.8. The third-order valence-corrected chi connectivity index (χ3v) is 8.40. The number of phenolic OH excluding ortho intramolecular Hbond substituents is 3. The first-order chi connectivity index (χ1) is 20.5. The summed E-state index contributed by atoms with van der Waals surface area (Å²) in [6.07, 6.45) is 2.89. The van der Waals surface area contributed by atoms with E-state index in [0.717, 1.165) is 5.56 Å². The number of aromatic hydroxyl groups is 4. The summed E-state index contributed by atoms with van der Waals surface area (Å²) in [5, 5.41) is 63.6. The largest absolute Gasteiger partial charge is 0.508 e. The zero-order chi connectivity index (χ0) is 30.6. The predicted octanol–water partition coefficient (Wildman–Crippen LogP) is 4.53. The molecule has 0 saturated carbocycles. The average molecular weight is 587 g/mol. The molecule has 1 aliphatic carbocycles. The van der Waals surface area contributed by atoms with Crippen LogP contribution in [0.1, 0.15) is 36.1 Å². The topological polar surface area (TPSA) is 161 Å². The molecule has 4 aromatic rings. The number of ether oxygens (including phenoxy) is 1. The molecule has 0 saturated heterocycles. The Bertz CT molecular complexity index is 1800. The predicted molar refractivity (Wildman–Crippen MR) is 160 cm³/mol. The number of aliphatic hydroxyl groups is 2. The minimum absolute atomic E-state index is 0.00651. The van der Waals surface area contributed by atoms with E-state index in [4.69, 9.17) is 9.15 Å². The van der Waals surface area contributed by atoms with Gasteiger partial charge in [-0.2, -0.15) is 0 Å². The van der Waals surface area contributed by atoms with Gasteiger partial charge in [-0.15, -0.1) is 0 Å². The lowest BCUT2D eigenvalue weighted by molar-refractivity contribution is -0.0183. The second kappa shape index (κ2) is 11.0. The van der Waals surface area contributed by atoms with Gasteiger partial charge in [0.25, 0.3) is 0 Å². The van der Waals surface area contributed by atoms with E-state index in [-0.39, 0.29) is 64.6 Å². The van der Waals surface area contributed by atoms with Crippen molar-refractivity contribution in [3.63, 3.8) is 0 Å². The van der Waals surface area contributed by atoms with Crippen molar-refractivity contribution < 1.29 is 39.8 Å². The smallest absolute Gasteiger partial charge is 0.238 e. The highest BCUT2D eigenvalue weighted by atomic mass is 16.5. The fourth-order valence-electron chi connectivity index (χ4n) is 6.33. The van der Waals surface area contributed by atoms with Gasteiger partial charge in [-0.3, -0.25) is 4.79 Å². The van der Waals surface area contributed by atoms with Gasteiger partial charge in [-0.1, -0.05) is 38.1 Å². The second-order valence-corrected chi connectivity index (χ2v) is 11.9. The fourth-order valence-corrected chi connectivity index (χ4v) is 6.33. The van der Waals surface area contributed by atoms with E-state index in [9.17, 15) is 35.4 Å². The second-order valence-electron chi connectivity index (χ2n) is 11.9. The van der Waals surface area contributed by atoms with E-state index in [1.54, 1.807) is 42.5 Å². The molecule has 6 N–H and O–H groups in total. The molecule has 1 aliphatic heterocycles. The summed E-state index contributed by atoms with van der Waals surface area (Å²) < 4.78 is 12.3. The molecule has 4 atom stereocenters. The highest BCUT2D eigenvalue weighted by Crippen LogP contribution is 2.46. The summed E-state index contributed by atoms with van der Waals surface area (Å²) >= 11 is 0. The van der Waals surface area contributed by atoms with Gasteiger partial charge in [0, 0.05) is 35.4 Å². The van der Waals surface area contributed by atoms with Gasteiger partial charge in [0.15, 0.2) is 5.76 Å². The molecule has 3 aromatic carbocycles. The van der Waals surface area contributed by atoms with Crippen molar-refractivity contribution in [2.24, 2.45) is 17.8 Å². The molecule has 9 nitrogen and oxygen atoms in total. The van der Waals surface area contributed by atoms with E-state index in [1.165, 1.54) is 6.07 Å². The Kier molecular flexibility index (Phi) is 7.31. The lowest BCUT2D eigenvalue weighted by Gasteiger charge is -2.40. The Balaban J connectivity index is 1.50. The van der Waals surface area contributed by atoms with E-state index in [0.29, 0.717) is 35.1 Å². The molecule has 43 heavy (non-hydrogen) atoms. The van der Waals surface area contributed by atoms with Crippen LogP contribution in [0.4, 0.5) is 0 Å². The molecule has 2 heterocycles. The van der Waals surface area contributed by atoms with Gasteiger partial charge < -0.3 is 39.8 Å². The normalized spacial score (nSPS) is 21.0. The molecule has 0 spiro atoms. The zero-order valence-electron chi connectivity index (χ0n) is 23.8. The Morgan fingerprint density at radius 2 is 1.74 bits per heavy atom. The molecule has 0 fully saturated rings. The van der Waals surface area contributed by atoms with Gasteiger partial charge in [0.05, 0.1) is 12.7 Å². The SMILES string of the molecule is CC(C)Cc1cc(-c2oc3cc(O)c4c(c3c(=O)c2O)O[C@@H]2[C@H](CO)[C@@H](O)C=C[C@@H]2C4)cc(Cc2cccc(O)c2)c1O. The molecule has 0 unspecified atom stereocenters. The number of benzene rings is 3. The van der Waals surface area contributed by atoms with Crippen LogP contribution in [-0.4, -0.2) is 49.5 Å². The van der Waals surface area contributed by atoms with Crippen LogP contribution in [0.15, 0.2) is 63.8 Å². The number of phenols is 3. The lowest BCUT2D eigenvalue weighted by Crippen LogP contribution is -2.47. The minimum Gasteiger partial charge on any atom is -0.508 e. The van der Waals surface area contributed by atoms with Crippen LogP contribution in [-0.2, 0) is 19.3 Å². The van der Waals surface area contributed by atoms with Crippen molar-refractivity contribution in [2.45, 2.75) is 45.3 Å². The number of hydrogen-bond donors (Lipinski definition) is 6. The molecule has 9 heteroatoms. The van der Waals surface area contributed by atoms with E-state index in [2.05, 4.69) is 0 Å². The van der Waals surface area contributed by atoms with Crippen molar-refractivity contribution in [2.75, 3.05) is 6.61 Å². The molecule has 224 valence electrons. The first-order valence-electron chi connectivity index (χ1n) is 14.4. The summed E-state index contributed by atoms with van der Waals surface area (Å²) in [4.78, 5) is 13.8. The highest BCUT2D eigenvalue weighted by Gasteiger charge is 2.42. The van der Waals surface area contributed by atoms with E-state index in [1.807, 2.05) is 19.9 Å². The van der Waals surface area contributed by atoms with Gasteiger partial charge in [0.1, 0.15) is 40.1 Å². The molecule has 6 rings (SSSR count). The maximum Gasteiger partial charge on any atom is 0.238 e. The van der Waals surface area contributed by atoms with Crippen LogP contribution in [0.3, 0.4) is 0 Å². The van der Waals surface area contributed by atoms with Gasteiger partial charge in [-0.25, -0.2) is 0 Å². The summed E-state index contributed by atoms with van der Waals surface area (Å²) in [5.74, 6) is -1.38. The fraction of sp³-hybridized carbons (Fsp3) is 0.324. The Morgan fingerprint density at radius 3 is 2.47 bits per heavy atom. The van der Waals surface area contributed by atoms with Crippen LogP contribution in [0.2, 0.25) is 0 Å². The number of rotatable bonds is 6. The van der Waals surface area contributed by atoms with Gasteiger partial charge in [-0.05, 0) is 59.7 Å². The maximum absolute atomic E-state index is 13.8.